The fourth-order valence-corrected chi connectivity index (χ4v) is 1.95. The third-order valence-electron chi connectivity index (χ3n) is 2.76. The molecule has 1 rings (SSSR count). The summed E-state index contributed by atoms with van der Waals surface area (Å²) in [6, 6.07) is -0.410. The smallest absolute Gasteiger partial charge is 0.305 e. The van der Waals surface area contributed by atoms with Crippen LogP contribution < -0.4 is 5.73 Å². The van der Waals surface area contributed by atoms with Crippen molar-refractivity contribution in [1.82, 2.24) is 4.90 Å². The van der Waals surface area contributed by atoms with Gasteiger partial charge in [-0.25, -0.2) is 0 Å². The molecule has 2 unspecified atom stereocenters. The van der Waals surface area contributed by atoms with Gasteiger partial charge in [0.2, 0.25) is 5.91 Å². The van der Waals surface area contributed by atoms with Gasteiger partial charge in [0.25, 0.3) is 0 Å². The lowest BCUT2D eigenvalue weighted by Crippen LogP contribution is -2.40. The van der Waals surface area contributed by atoms with Crippen molar-refractivity contribution >= 4 is 11.9 Å². The number of carbonyl (C=O) groups is 2. The van der Waals surface area contributed by atoms with Crippen molar-refractivity contribution < 1.29 is 19.4 Å². The summed E-state index contributed by atoms with van der Waals surface area (Å²) in [4.78, 5) is 23.8. The number of methoxy groups -OCH3 is 1. The SMILES string of the molecule is COC(=O)CCCN1CC(O)CC1C(N)=O. The normalized spacial score (nSPS) is 25.6. The molecule has 0 aliphatic carbocycles. The third-order valence-corrected chi connectivity index (χ3v) is 2.76. The maximum atomic E-state index is 11.1. The van der Waals surface area contributed by atoms with Crippen LogP contribution in [0.1, 0.15) is 19.3 Å². The van der Waals surface area contributed by atoms with Crippen molar-refractivity contribution in [2.75, 3.05) is 20.2 Å². The summed E-state index contributed by atoms with van der Waals surface area (Å²) in [6.45, 7) is 1.01. The maximum Gasteiger partial charge on any atom is 0.305 e. The topological polar surface area (TPSA) is 92.9 Å². The van der Waals surface area contributed by atoms with Crippen LogP contribution in [0.25, 0.3) is 0 Å². The van der Waals surface area contributed by atoms with Gasteiger partial charge in [-0.2, -0.15) is 0 Å². The molecule has 6 nitrogen and oxygen atoms in total. The average Bonchev–Trinajstić information content (AvgIpc) is 2.59. The van der Waals surface area contributed by atoms with Crippen LogP contribution in [-0.2, 0) is 14.3 Å². The van der Waals surface area contributed by atoms with Crippen molar-refractivity contribution in [3.05, 3.63) is 0 Å². The van der Waals surface area contributed by atoms with E-state index in [1.54, 1.807) is 0 Å². The molecule has 0 radical (unpaired) electrons. The molecule has 6 heteroatoms. The molecule has 0 spiro atoms. The van der Waals surface area contributed by atoms with Gasteiger partial charge in [-0.05, 0) is 19.4 Å². The zero-order valence-corrected chi connectivity index (χ0v) is 9.39. The Hall–Kier alpha value is -1.14. The first-order valence-electron chi connectivity index (χ1n) is 5.33. The van der Waals surface area contributed by atoms with Gasteiger partial charge in [-0.3, -0.25) is 14.5 Å². The van der Waals surface area contributed by atoms with Gasteiger partial charge in [0.15, 0.2) is 0 Å². The Labute approximate surface area is 94.3 Å². The van der Waals surface area contributed by atoms with E-state index >= 15 is 0 Å². The second-order valence-corrected chi connectivity index (χ2v) is 3.98. The van der Waals surface area contributed by atoms with Crippen LogP contribution in [0.5, 0.6) is 0 Å². The van der Waals surface area contributed by atoms with Crippen molar-refractivity contribution in [2.45, 2.75) is 31.4 Å². The molecule has 0 bridgehead atoms. The zero-order chi connectivity index (χ0) is 12.1. The number of aliphatic hydroxyl groups excluding tert-OH is 1. The Bertz CT molecular complexity index is 270. The number of esters is 1. The molecule has 1 aliphatic heterocycles. The number of ether oxygens (including phenoxy) is 1. The molecule has 16 heavy (non-hydrogen) atoms. The summed E-state index contributed by atoms with van der Waals surface area (Å²) in [7, 11) is 1.34. The van der Waals surface area contributed by atoms with E-state index in [1.807, 2.05) is 4.90 Å². The van der Waals surface area contributed by atoms with E-state index in [1.165, 1.54) is 7.11 Å². The number of nitrogens with two attached hydrogens (primary N) is 1. The van der Waals surface area contributed by atoms with Crippen LogP contribution in [0.4, 0.5) is 0 Å². The van der Waals surface area contributed by atoms with Gasteiger partial charge in [0.1, 0.15) is 0 Å². The molecule has 0 aromatic heterocycles. The summed E-state index contributed by atoms with van der Waals surface area (Å²) in [6.07, 6.45) is 0.793. The predicted octanol–water partition coefficient (Wildman–Crippen LogP) is -1.14. The molecule has 1 fully saturated rings. The molecule has 3 N–H and O–H groups in total. The minimum atomic E-state index is -0.504. The zero-order valence-electron chi connectivity index (χ0n) is 9.39. The van der Waals surface area contributed by atoms with Crippen LogP contribution in [-0.4, -0.2) is 54.2 Å². The maximum absolute atomic E-state index is 11.1. The molecule has 1 saturated heterocycles. The molecule has 1 aliphatic rings. The first kappa shape index (κ1) is 12.9. The van der Waals surface area contributed by atoms with Crippen molar-refractivity contribution in [3.8, 4) is 0 Å². The molecule has 1 heterocycles. The largest absolute Gasteiger partial charge is 0.469 e. The lowest BCUT2D eigenvalue weighted by molar-refractivity contribution is -0.140. The number of rotatable bonds is 5. The Morgan fingerprint density at radius 3 is 2.81 bits per heavy atom. The van der Waals surface area contributed by atoms with Crippen LogP contribution in [0.15, 0.2) is 0 Å². The number of β-amino-alcohol motifs (C(OH)–C–C–N with tert-alkyl or cyclic N) is 1. The fourth-order valence-electron chi connectivity index (χ4n) is 1.95. The first-order chi connectivity index (χ1) is 7.54. The number of amides is 1. The second kappa shape index (κ2) is 5.81. The Morgan fingerprint density at radius 1 is 1.56 bits per heavy atom. The highest BCUT2D eigenvalue weighted by Crippen LogP contribution is 2.18. The van der Waals surface area contributed by atoms with Crippen LogP contribution in [0.2, 0.25) is 0 Å². The van der Waals surface area contributed by atoms with Gasteiger partial charge < -0.3 is 15.6 Å². The second-order valence-electron chi connectivity index (χ2n) is 3.98. The summed E-state index contributed by atoms with van der Waals surface area (Å²) in [5, 5.41) is 9.43. The molecule has 2 atom stereocenters. The standard InChI is InChI=1S/C10H18N2O4/c1-16-9(14)3-2-4-12-6-7(13)5-8(12)10(11)15/h7-8,13H,2-6H2,1H3,(H2,11,15). The van der Waals surface area contributed by atoms with E-state index in [0.717, 1.165) is 0 Å². The van der Waals surface area contributed by atoms with Crippen molar-refractivity contribution in [3.63, 3.8) is 0 Å². The third kappa shape index (κ3) is 3.46. The van der Waals surface area contributed by atoms with E-state index < -0.39 is 18.1 Å². The minimum absolute atomic E-state index is 0.268. The highest BCUT2D eigenvalue weighted by molar-refractivity contribution is 5.80. The van der Waals surface area contributed by atoms with Gasteiger partial charge >= 0.3 is 5.97 Å². The fraction of sp³-hybridized carbons (Fsp3) is 0.800. The molecule has 0 aromatic rings. The number of hydrogen-bond acceptors (Lipinski definition) is 5. The van der Waals surface area contributed by atoms with Gasteiger partial charge in [0, 0.05) is 13.0 Å². The summed E-state index contributed by atoms with van der Waals surface area (Å²) in [5.41, 5.74) is 5.22. The molecule has 92 valence electrons. The number of primary amides is 1. The Morgan fingerprint density at radius 2 is 2.25 bits per heavy atom. The molecule has 1 amide bonds. The number of likely N-dealkylation sites (tertiary alicyclic amines) is 1. The molecule has 0 aromatic carbocycles. The first-order valence-corrected chi connectivity index (χ1v) is 5.33. The van der Waals surface area contributed by atoms with E-state index in [-0.39, 0.29) is 5.97 Å². The number of aliphatic hydroxyl groups is 1. The lowest BCUT2D eigenvalue weighted by atomic mass is 10.2. The van der Waals surface area contributed by atoms with Crippen molar-refractivity contribution in [2.24, 2.45) is 5.73 Å². The monoisotopic (exact) mass is 230 g/mol. The highest BCUT2D eigenvalue weighted by Gasteiger charge is 2.34. The lowest BCUT2D eigenvalue weighted by Gasteiger charge is -2.20. The average molecular weight is 230 g/mol. The Balaban J connectivity index is 2.35. The van der Waals surface area contributed by atoms with E-state index in [2.05, 4.69) is 4.74 Å². The highest BCUT2D eigenvalue weighted by atomic mass is 16.5. The summed E-state index contributed by atoms with van der Waals surface area (Å²) in [5.74, 6) is -0.690. The Kier molecular flexibility index (Phi) is 4.70. The predicted molar refractivity (Wildman–Crippen MR) is 56.4 cm³/mol. The van der Waals surface area contributed by atoms with Crippen LogP contribution >= 0.6 is 0 Å². The van der Waals surface area contributed by atoms with E-state index in [0.29, 0.717) is 32.4 Å². The number of carbonyl (C=O) groups excluding carboxylic acids is 2. The molecule has 0 saturated carbocycles. The number of hydrogen-bond donors (Lipinski definition) is 2. The van der Waals surface area contributed by atoms with Crippen LogP contribution in [0, 0.1) is 0 Å². The van der Waals surface area contributed by atoms with E-state index in [9.17, 15) is 14.7 Å². The molecular weight excluding hydrogens is 212 g/mol. The van der Waals surface area contributed by atoms with Crippen molar-refractivity contribution in [1.29, 1.82) is 0 Å². The van der Waals surface area contributed by atoms with Gasteiger partial charge in [0.05, 0.1) is 19.3 Å². The number of nitrogens with zero attached hydrogens (tertiary/aromatic N) is 1. The van der Waals surface area contributed by atoms with Gasteiger partial charge in [-0.15, -0.1) is 0 Å². The minimum Gasteiger partial charge on any atom is -0.469 e. The van der Waals surface area contributed by atoms with E-state index in [4.69, 9.17) is 5.73 Å². The van der Waals surface area contributed by atoms with Gasteiger partial charge in [-0.1, -0.05) is 0 Å². The van der Waals surface area contributed by atoms with Crippen LogP contribution in [0.3, 0.4) is 0 Å². The molecular formula is C10H18N2O4. The summed E-state index contributed by atoms with van der Waals surface area (Å²) < 4.78 is 4.51. The quantitative estimate of drug-likeness (QED) is 0.582. The summed E-state index contributed by atoms with van der Waals surface area (Å²) >= 11 is 0.